The van der Waals surface area contributed by atoms with E-state index in [0.717, 1.165) is 51.6 Å². The van der Waals surface area contributed by atoms with Crippen molar-refractivity contribution in [2.75, 3.05) is 32.8 Å². The molecule has 2 aromatic rings. The van der Waals surface area contributed by atoms with E-state index in [0.29, 0.717) is 11.3 Å². The van der Waals surface area contributed by atoms with Crippen LogP contribution in [0.1, 0.15) is 25.1 Å². The minimum Gasteiger partial charge on any atom is -0.379 e. The van der Waals surface area contributed by atoms with Gasteiger partial charge in [-0.2, -0.15) is 10.2 Å². The Kier molecular flexibility index (Phi) is 6.12. The molecule has 2 aromatic heterocycles. The van der Waals surface area contributed by atoms with Crippen molar-refractivity contribution in [2.24, 2.45) is 0 Å². The number of nitro groups is 1. The lowest BCUT2D eigenvalue weighted by Crippen LogP contribution is -2.37. The number of hydrogen-bond donors (Lipinski definition) is 1. The van der Waals surface area contributed by atoms with E-state index < -0.39 is 4.92 Å². The fraction of sp³-hybridized carbons (Fsp3) is 0.667. The molecule has 10 nitrogen and oxygen atoms in total. The Hall–Kier alpha value is -2.11. The summed E-state index contributed by atoms with van der Waals surface area (Å²) in [6, 6.07) is 0. The zero-order chi connectivity index (χ0) is 18.5. The summed E-state index contributed by atoms with van der Waals surface area (Å²) >= 11 is 5.36. The molecule has 0 radical (unpaired) electrons. The average Bonchev–Trinajstić information content (AvgIpc) is 3.23. The van der Waals surface area contributed by atoms with Crippen LogP contribution in [0, 0.1) is 14.9 Å². The van der Waals surface area contributed by atoms with Crippen LogP contribution in [-0.2, 0) is 17.8 Å². The molecule has 11 heteroatoms. The first-order chi connectivity index (χ1) is 12.5. The number of hydrogen-bond acceptors (Lipinski definition) is 7. The van der Waals surface area contributed by atoms with Gasteiger partial charge in [0.1, 0.15) is 18.2 Å². The van der Waals surface area contributed by atoms with Crippen LogP contribution < -0.4 is 0 Å². The van der Waals surface area contributed by atoms with Gasteiger partial charge in [-0.05, 0) is 18.6 Å². The van der Waals surface area contributed by atoms with Gasteiger partial charge in [0.15, 0.2) is 4.77 Å². The van der Waals surface area contributed by atoms with Crippen molar-refractivity contribution < 1.29 is 9.66 Å². The zero-order valence-electron chi connectivity index (χ0n) is 14.7. The molecule has 26 heavy (non-hydrogen) atoms. The van der Waals surface area contributed by atoms with Gasteiger partial charge in [-0.15, -0.1) is 0 Å². The molecule has 3 heterocycles. The summed E-state index contributed by atoms with van der Waals surface area (Å²) in [7, 11) is 0. The highest BCUT2D eigenvalue weighted by atomic mass is 32.1. The van der Waals surface area contributed by atoms with Gasteiger partial charge >= 0.3 is 5.69 Å². The number of aromatic nitrogens is 5. The molecule has 0 spiro atoms. The van der Waals surface area contributed by atoms with Crippen LogP contribution in [0.5, 0.6) is 0 Å². The number of H-pyrrole nitrogens is 1. The van der Waals surface area contributed by atoms with E-state index in [1.54, 1.807) is 4.68 Å². The summed E-state index contributed by atoms with van der Waals surface area (Å²) in [5, 5.41) is 22.0. The third-order valence-electron chi connectivity index (χ3n) is 4.48. The molecular weight excluding hydrogens is 358 g/mol. The zero-order valence-corrected chi connectivity index (χ0v) is 15.5. The van der Waals surface area contributed by atoms with E-state index >= 15 is 0 Å². The second-order valence-electron chi connectivity index (χ2n) is 6.42. The number of ether oxygens (including phenoxy) is 1. The highest BCUT2D eigenvalue weighted by molar-refractivity contribution is 7.71. The van der Waals surface area contributed by atoms with Crippen molar-refractivity contribution in [1.29, 1.82) is 0 Å². The molecule has 1 fully saturated rings. The van der Waals surface area contributed by atoms with Gasteiger partial charge in [0.05, 0.1) is 24.7 Å². The topological polar surface area (TPSA) is 107 Å². The number of nitrogens with one attached hydrogen (secondary N) is 1. The van der Waals surface area contributed by atoms with Gasteiger partial charge in [-0.3, -0.25) is 24.8 Å². The summed E-state index contributed by atoms with van der Waals surface area (Å²) in [6.07, 6.45) is 3.66. The molecule has 1 aliphatic heterocycles. The molecule has 0 aliphatic carbocycles. The number of rotatable bonds is 8. The Morgan fingerprint density at radius 3 is 2.88 bits per heavy atom. The number of nitrogens with zero attached hydrogens (tertiary/aromatic N) is 6. The molecular formula is C15H23N7O3S. The third kappa shape index (κ3) is 4.54. The van der Waals surface area contributed by atoms with Crippen LogP contribution in [0.4, 0.5) is 5.69 Å². The molecule has 3 rings (SSSR count). The molecule has 1 saturated heterocycles. The van der Waals surface area contributed by atoms with Gasteiger partial charge in [-0.1, -0.05) is 6.92 Å². The van der Waals surface area contributed by atoms with Crippen LogP contribution in [0.15, 0.2) is 12.4 Å². The standard InChI is InChI=1S/C15H23N7O3S/c1-12(10-20-11-13(9-16-20)22(23)24)14-17-18-15(26)21(14)4-2-3-19-5-7-25-8-6-19/h9,11-12H,2-8,10H2,1H3,(H,18,26). The number of morpholine rings is 1. The fourth-order valence-corrected chi connectivity index (χ4v) is 3.34. The van der Waals surface area contributed by atoms with Crippen LogP contribution in [0.3, 0.4) is 0 Å². The molecule has 1 aliphatic rings. The van der Waals surface area contributed by atoms with Crippen molar-refractivity contribution in [2.45, 2.75) is 32.4 Å². The molecule has 1 N–H and O–H groups in total. The third-order valence-corrected chi connectivity index (χ3v) is 4.79. The molecule has 0 aromatic carbocycles. The van der Waals surface area contributed by atoms with Crippen molar-refractivity contribution in [3.05, 3.63) is 33.1 Å². The summed E-state index contributed by atoms with van der Waals surface area (Å²) in [5.41, 5.74) is -0.0124. The van der Waals surface area contributed by atoms with E-state index in [-0.39, 0.29) is 11.6 Å². The van der Waals surface area contributed by atoms with E-state index in [2.05, 4.69) is 20.2 Å². The Bertz CT molecular complexity index is 793. The highest BCUT2D eigenvalue weighted by Gasteiger charge is 2.18. The maximum Gasteiger partial charge on any atom is 0.306 e. The Morgan fingerprint density at radius 2 is 2.19 bits per heavy atom. The second kappa shape index (κ2) is 8.52. The minimum absolute atomic E-state index is 0.0124. The maximum atomic E-state index is 10.8. The predicted octanol–water partition coefficient (Wildman–Crippen LogP) is 1.57. The highest BCUT2D eigenvalue weighted by Crippen LogP contribution is 2.17. The second-order valence-corrected chi connectivity index (χ2v) is 6.81. The van der Waals surface area contributed by atoms with E-state index in [9.17, 15) is 10.1 Å². The molecule has 0 amide bonds. The van der Waals surface area contributed by atoms with Gasteiger partial charge in [-0.25, -0.2) is 0 Å². The summed E-state index contributed by atoms with van der Waals surface area (Å²) in [6.45, 7) is 7.82. The summed E-state index contributed by atoms with van der Waals surface area (Å²) < 4.78 is 9.54. The number of aromatic amines is 1. The Labute approximate surface area is 155 Å². The molecule has 0 saturated carbocycles. The van der Waals surface area contributed by atoms with Crippen molar-refractivity contribution in [3.8, 4) is 0 Å². The maximum absolute atomic E-state index is 10.8. The van der Waals surface area contributed by atoms with E-state index in [1.165, 1.54) is 12.4 Å². The van der Waals surface area contributed by atoms with Gasteiger partial charge in [0, 0.05) is 32.1 Å². The summed E-state index contributed by atoms with van der Waals surface area (Å²) in [5.74, 6) is 0.862. The quantitative estimate of drug-likeness (QED) is 0.420. The molecule has 1 unspecified atom stereocenters. The lowest BCUT2D eigenvalue weighted by atomic mass is 10.1. The normalized spacial score (nSPS) is 16.7. The Balaban J connectivity index is 1.60. The van der Waals surface area contributed by atoms with Gasteiger partial charge in [0.25, 0.3) is 0 Å². The van der Waals surface area contributed by atoms with E-state index in [4.69, 9.17) is 17.0 Å². The first kappa shape index (κ1) is 18.7. The van der Waals surface area contributed by atoms with Gasteiger partial charge < -0.3 is 9.30 Å². The lowest BCUT2D eigenvalue weighted by molar-refractivity contribution is -0.385. The van der Waals surface area contributed by atoms with Crippen LogP contribution >= 0.6 is 12.2 Å². The van der Waals surface area contributed by atoms with Crippen LogP contribution in [0.25, 0.3) is 0 Å². The van der Waals surface area contributed by atoms with Crippen molar-refractivity contribution in [3.63, 3.8) is 0 Å². The predicted molar refractivity (Wildman–Crippen MR) is 96.6 cm³/mol. The SMILES string of the molecule is CC(Cn1cc([N+](=O)[O-])cn1)c1n[nH]c(=S)n1CCCN1CCOCC1. The first-order valence-electron chi connectivity index (χ1n) is 8.66. The summed E-state index contributed by atoms with van der Waals surface area (Å²) in [4.78, 5) is 12.7. The van der Waals surface area contributed by atoms with Gasteiger partial charge in [0.2, 0.25) is 0 Å². The minimum atomic E-state index is -0.449. The van der Waals surface area contributed by atoms with Crippen molar-refractivity contribution >= 4 is 17.9 Å². The average molecular weight is 381 g/mol. The van der Waals surface area contributed by atoms with Crippen LogP contribution in [0.2, 0.25) is 0 Å². The Morgan fingerprint density at radius 1 is 1.42 bits per heavy atom. The molecule has 1 atom stereocenters. The van der Waals surface area contributed by atoms with Crippen molar-refractivity contribution in [1.82, 2.24) is 29.4 Å². The molecule has 142 valence electrons. The van der Waals surface area contributed by atoms with E-state index in [1.807, 2.05) is 11.5 Å². The molecule has 0 bridgehead atoms. The monoisotopic (exact) mass is 381 g/mol. The largest absolute Gasteiger partial charge is 0.379 e. The fourth-order valence-electron chi connectivity index (χ4n) is 3.11. The van der Waals surface area contributed by atoms with Crippen LogP contribution in [-0.4, -0.2) is 67.2 Å². The smallest absolute Gasteiger partial charge is 0.306 e. The first-order valence-corrected chi connectivity index (χ1v) is 9.07. The lowest BCUT2D eigenvalue weighted by Gasteiger charge is -2.26.